The Balaban J connectivity index is 0. The van der Waals surface area contributed by atoms with Crippen LogP contribution in [0.1, 0.15) is 48.5 Å². The first-order valence-electron chi connectivity index (χ1n) is 6.90. The molecule has 0 atom stereocenters. The van der Waals surface area contributed by atoms with Crippen LogP contribution in [0.3, 0.4) is 0 Å². The van der Waals surface area contributed by atoms with Gasteiger partial charge in [0.1, 0.15) is 0 Å². The van der Waals surface area contributed by atoms with Crippen molar-refractivity contribution in [2.75, 3.05) is 0 Å². The lowest BCUT2D eigenvalue weighted by Gasteiger charge is -2.06. The minimum absolute atomic E-state index is 1.09. The van der Waals surface area contributed by atoms with Crippen molar-refractivity contribution < 1.29 is 0 Å². The van der Waals surface area contributed by atoms with Crippen LogP contribution in [0.4, 0.5) is 0 Å². The van der Waals surface area contributed by atoms with Gasteiger partial charge in [-0.05, 0) is 51.3 Å². The third kappa shape index (κ3) is 9.07. The van der Waals surface area contributed by atoms with Crippen molar-refractivity contribution in [3.63, 3.8) is 0 Å². The summed E-state index contributed by atoms with van der Waals surface area (Å²) >= 11 is 0. The zero-order valence-electron chi connectivity index (χ0n) is 13.8. The van der Waals surface area contributed by atoms with Crippen LogP contribution in [0.25, 0.3) is 0 Å². The Morgan fingerprint density at radius 2 is 1.42 bits per heavy atom. The molecule has 106 valence electrons. The van der Waals surface area contributed by atoms with Crippen LogP contribution >= 0.6 is 0 Å². The van der Waals surface area contributed by atoms with Crippen molar-refractivity contribution in [2.24, 2.45) is 0 Å². The molecule has 0 aromatic rings. The summed E-state index contributed by atoms with van der Waals surface area (Å²) in [7, 11) is 0. The highest BCUT2D eigenvalue weighted by Crippen LogP contribution is 2.18. The number of hydrogen-bond donors (Lipinski definition) is 0. The van der Waals surface area contributed by atoms with Crippen molar-refractivity contribution in [1.82, 2.24) is 0 Å². The monoisotopic (exact) mass is 258 g/mol. The van der Waals surface area contributed by atoms with Gasteiger partial charge in [-0.25, -0.2) is 0 Å². The van der Waals surface area contributed by atoms with Gasteiger partial charge in [-0.2, -0.15) is 0 Å². The van der Waals surface area contributed by atoms with Crippen LogP contribution in [0.5, 0.6) is 0 Å². The zero-order chi connectivity index (χ0) is 15.4. The SMILES string of the molecule is C=C/C=C(C=C(C)C)/C(C)=C/C(=C\C)C(=C)C.CC. The largest absolute Gasteiger partial charge is 0.0990 e. The highest BCUT2D eigenvalue weighted by molar-refractivity contribution is 5.48. The molecule has 0 unspecified atom stereocenters. The Hall–Kier alpha value is -1.56. The Morgan fingerprint density at radius 3 is 1.74 bits per heavy atom. The summed E-state index contributed by atoms with van der Waals surface area (Å²) in [5.41, 5.74) is 5.97. The first-order valence-corrected chi connectivity index (χ1v) is 6.90. The first kappa shape index (κ1) is 19.8. The zero-order valence-corrected chi connectivity index (χ0v) is 13.8. The molecule has 19 heavy (non-hydrogen) atoms. The molecule has 0 nitrogen and oxygen atoms in total. The molecule has 0 heterocycles. The average molecular weight is 258 g/mol. The van der Waals surface area contributed by atoms with Gasteiger partial charge < -0.3 is 0 Å². The summed E-state index contributed by atoms with van der Waals surface area (Å²) in [5.74, 6) is 0. The summed E-state index contributed by atoms with van der Waals surface area (Å²) in [6.07, 6.45) is 10.3. The Bertz CT molecular complexity index is 405. The second-order valence-corrected chi connectivity index (χ2v) is 4.43. The van der Waals surface area contributed by atoms with E-state index in [4.69, 9.17) is 0 Å². The highest BCUT2D eigenvalue weighted by Gasteiger charge is 1.99. The molecular weight excluding hydrogens is 228 g/mol. The maximum Gasteiger partial charge on any atom is -0.0228 e. The van der Waals surface area contributed by atoms with Crippen LogP contribution < -0.4 is 0 Å². The lowest BCUT2D eigenvalue weighted by Crippen LogP contribution is -1.86. The van der Waals surface area contributed by atoms with Crippen molar-refractivity contribution in [3.8, 4) is 0 Å². The maximum atomic E-state index is 3.98. The van der Waals surface area contributed by atoms with E-state index >= 15 is 0 Å². The lowest BCUT2D eigenvalue weighted by molar-refractivity contribution is 1.32. The van der Waals surface area contributed by atoms with Crippen molar-refractivity contribution in [2.45, 2.75) is 48.5 Å². The molecule has 0 amide bonds. The summed E-state index contributed by atoms with van der Waals surface area (Å²) in [5, 5.41) is 0. The topological polar surface area (TPSA) is 0 Å². The van der Waals surface area contributed by atoms with Gasteiger partial charge in [0.2, 0.25) is 0 Å². The summed E-state index contributed by atoms with van der Waals surface area (Å²) in [6, 6.07) is 0. The molecule has 0 bridgehead atoms. The molecule has 0 aliphatic rings. The second kappa shape index (κ2) is 11.5. The average Bonchev–Trinajstić information content (AvgIpc) is 2.36. The van der Waals surface area contributed by atoms with Crippen LogP contribution in [-0.2, 0) is 0 Å². The fourth-order valence-corrected chi connectivity index (χ4v) is 1.50. The Kier molecular flexibility index (Phi) is 12.0. The van der Waals surface area contributed by atoms with E-state index in [0.29, 0.717) is 0 Å². The summed E-state index contributed by atoms with van der Waals surface area (Å²) < 4.78 is 0. The highest BCUT2D eigenvalue weighted by atomic mass is 14.0. The van der Waals surface area contributed by atoms with Gasteiger partial charge in [-0.3, -0.25) is 0 Å². The minimum Gasteiger partial charge on any atom is -0.0990 e. The van der Waals surface area contributed by atoms with Crippen LogP contribution in [0.2, 0.25) is 0 Å². The first-order chi connectivity index (χ1) is 8.92. The fourth-order valence-electron chi connectivity index (χ4n) is 1.50. The third-order valence-corrected chi connectivity index (χ3v) is 2.37. The Morgan fingerprint density at radius 1 is 0.895 bits per heavy atom. The van der Waals surface area contributed by atoms with E-state index in [-0.39, 0.29) is 0 Å². The van der Waals surface area contributed by atoms with Gasteiger partial charge in [0.15, 0.2) is 0 Å². The molecule has 0 rings (SSSR count). The van der Waals surface area contributed by atoms with E-state index < -0.39 is 0 Å². The van der Waals surface area contributed by atoms with Crippen molar-refractivity contribution >= 4 is 0 Å². The molecular formula is C19H30. The molecule has 0 saturated heterocycles. The van der Waals surface area contributed by atoms with Gasteiger partial charge in [-0.15, -0.1) is 0 Å². The summed E-state index contributed by atoms with van der Waals surface area (Å²) in [4.78, 5) is 0. The van der Waals surface area contributed by atoms with E-state index in [1.54, 1.807) is 0 Å². The molecule has 0 radical (unpaired) electrons. The van der Waals surface area contributed by atoms with Crippen molar-refractivity contribution in [3.05, 3.63) is 71.4 Å². The number of rotatable bonds is 5. The predicted octanol–water partition coefficient (Wildman–Crippen LogP) is 6.56. The lowest BCUT2D eigenvalue weighted by atomic mass is 9.99. The van der Waals surface area contributed by atoms with Gasteiger partial charge >= 0.3 is 0 Å². The van der Waals surface area contributed by atoms with E-state index in [1.165, 1.54) is 22.3 Å². The minimum atomic E-state index is 1.09. The van der Waals surface area contributed by atoms with E-state index in [0.717, 1.165) is 5.57 Å². The molecule has 0 fully saturated rings. The Labute approximate surface area is 120 Å². The molecule has 0 aliphatic heterocycles. The quantitative estimate of drug-likeness (QED) is 0.490. The van der Waals surface area contributed by atoms with E-state index in [2.05, 4.69) is 52.2 Å². The summed E-state index contributed by atoms with van der Waals surface area (Å²) in [6.45, 7) is 22.1. The van der Waals surface area contributed by atoms with E-state index in [9.17, 15) is 0 Å². The molecule has 0 spiro atoms. The molecule has 0 aromatic carbocycles. The van der Waals surface area contributed by atoms with Crippen LogP contribution in [0.15, 0.2) is 71.4 Å². The smallest absolute Gasteiger partial charge is 0.0228 e. The number of hydrogen-bond acceptors (Lipinski definition) is 0. The van der Waals surface area contributed by atoms with E-state index in [1.807, 2.05) is 39.8 Å². The van der Waals surface area contributed by atoms with Gasteiger partial charge in [0, 0.05) is 0 Å². The second-order valence-electron chi connectivity index (χ2n) is 4.43. The number of allylic oxidation sites excluding steroid dienone is 10. The van der Waals surface area contributed by atoms with Crippen LogP contribution in [0, 0.1) is 0 Å². The molecule has 0 heteroatoms. The fraction of sp³-hybridized carbons (Fsp3) is 0.368. The van der Waals surface area contributed by atoms with Gasteiger partial charge in [0.25, 0.3) is 0 Å². The molecule has 0 aromatic heterocycles. The molecule has 0 N–H and O–H groups in total. The van der Waals surface area contributed by atoms with Gasteiger partial charge in [0.05, 0.1) is 0 Å². The standard InChI is InChI=1S/C17H24.C2H6/c1-8-10-17(11-13(3)4)15(7)12-16(9-2)14(5)6;1-2/h8-12H,1,5H2,2-4,6-7H3;1-2H3/b15-12+,16-9+,17-10+;. The molecule has 0 aliphatic carbocycles. The van der Waals surface area contributed by atoms with Gasteiger partial charge in [-0.1, -0.05) is 68.5 Å². The predicted molar refractivity (Wildman–Crippen MR) is 91.4 cm³/mol. The van der Waals surface area contributed by atoms with Crippen molar-refractivity contribution in [1.29, 1.82) is 0 Å². The maximum absolute atomic E-state index is 3.98. The normalized spacial score (nSPS) is 12.3. The van der Waals surface area contributed by atoms with Crippen LogP contribution in [-0.4, -0.2) is 0 Å². The molecule has 0 saturated carbocycles. The third-order valence-electron chi connectivity index (χ3n) is 2.37.